The first-order chi connectivity index (χ1) is 19.3. The van der Waals surface area contributed by atoms with Crippen molar-refractivity contribution in [2.45, 2.75) is 84.1 Å². The molecule has 3 aromatic rings. The second kappa shape index (κ2) is 16.4. The van der Waals surface area contributed by atoms with E-state index in [4.69, 9.17) is 0 Å². The van der Waals surface area contributed by atoms with Gasteiger partial charge in [0.15, 0.2) is 0 Å². The van der Waals surface area contributed by atoms with Crippen LogP contribution in [-0.4, -0.2) is 18.1 Å². The Kier molecular flexibility index (Phi) is 13.4. The maximum absolute atomic E-state index is 13.3. The van der Waals surface area contributed by atoms with Crippen LogP contribution in [0, 0.1) is 0 Å². The quantitative estimate of drug-likeness (QED) is 0.224. The van der Waals surface area contributed by atoms with Crippen molar-refractivity contribution >= 4 is 17.7 Å². The van der Waals surface area contributed by atoms with Gasteiger partial charge in [0.25, 0.3) is 0 Å². The Labute approximate surface area is 247 Å². The molecule has 0 bridgehead atoms. The van der Waals surface area contributed by atoms with Crippen LogP contribution in [0.5, 0.6) is 0 Å². The monoisotopic (exact) mass is 584 g/mol. The average molecular weight is 585 g/mol. The van der Waals surface area contributed by atoms with Crippen LogP contribution in [0.2, 0.25) is 0 Å². The van der Waals surface area contributed by atoms with Crippen molar-refractivity contribution in [3.63, 3.8) is 0 Å². The minimum atomic E-state index is -4.47. The summed E-state index contributed by atoms with van der Waals surface area (Å²) in [6, 6.07) is 20.7. The van der Waals surface area contributed by atoms with Crippen molar-refractivity contribution in [2.24, 2.45) is 0 Å². The Morgan fingerprint density at radius 1 is 0.643 bits per heavy atom. The third-order valence-electron chi connectivity index (χ3n) is 7.13. The molecule has 4 amide bonds. The number of amides is 4. The van der Waals surface area contributed by atoms with Crippen molar-refractivity contribution in [1.29, 1.82) is 0 Å². The number of alkyl halides is 3. The van der Waals surface area contributed by atoms with Gasteiger partial charge in [-0.1, -0.05) is 108 Å². The van der Waals surface area contributed by atoms with E-state index in [1.165, 1.54) is 31.4 Å². The maximum Gasteiger partial charge on any atom is 0.416 e. The number of benzene rings is 3. The van der Waals surface area contributed by atoms with Gasteiger partial charge in [0.1, 0.15) is 0 Å². The standard InChI is InChI=1S/C31H35F3N4O2.2CH4/c32-31(33,34)24-18-20-26(21-19-24)36-30(40)38-28(23-14-8-5-9-15-23)27(22-12-6-4-7-13-22)37-29(39)35-25-16-10-2-1-3-11-17-25;;/h4-9,12-15,18-21,25,27-28H,1-3,10-11,16-17H2,(H2,35,37,39)(H2,36,38,40);2*1H4. The van der Waals surface area contributed by atoms with Gasteiger partial charge in [-0.15, -0.1) is 0 Å². The van der Waals surface area contributed by atoms with Gasteiger partial charge in [-0.2, -0.15) is 13.2 Å². The molecular formula is C33H43F3N4O2. The highest BCUT2D eigenvalue weighted by atomic mass is 19.4. The van der Waals surface area contributed by atoms with E-state index in [9.17, 15) is 22.8 Å². The van der Waals surface area contributed by atoms with Gasteiger partial charge < -0.3 is 21.3 Å². The van der Waals surface area contributed by atoms with E-state index in [0.717, 1.165) is 48.9 Å². The molecule has 0 heterocycles. The fraction of sp³-hybridized carbons (Fsp3) is 0.394. The SMILES string of the molecule is C.C.O=C(Nc1ccc(C(F)(F)F)cc1)NC(c1ccccc1)C(NC(=O)NC1CCCCCCC1)c1ccccc1. The predicted molar refractivity (Wildman–Crippen MR) is 163 cm³/mol. The molecule has 6 nitrogen and oxygen atoms in total. The van der Waals surface area contributed by atoms with Crippen LogP contribution < -0.4 is 21.3 Å². The fourth-order valence-electron chi connectivity index (χ4n) is 5.06. The lowest BCUT2D eigenvalue weighted by Crippen LogP contribution is -2.48. The average Bonchev–Trinajstić information content (AvgIpc) is 2.93. The highest BCUT2D eigenvalue weighted by molar-refractivity contribution is 5.89. The number of rotatable bonds is 7. The normalized spacial score (nSPS) is 15.3. The van der Waals surface area contributed by atoms with E-state index in [2.05, 4.69) is 21.3 Å². The lowest BCUT2D eigenvalue weighted by molar-refractivity contribution is -0.137. The molecule has 0 radical (unpaired) electrons. The van der Waals surface area contributed by atoms with Gasteiger partial charge in [-0.05, 0) is 48.2 Å². The Bertz CT molecular complexity index is 1210. The van der Waals surface area contributed by atoms with Gasteiger partial charge in [-0.3, -0.25) is 0 Å². The van der Waals surface area contributed by atoms with E-state index in [1.807, 2.05) is 60.7 Å². The number of anilines is 1. The second-order valence-corrected chi connectivity index (χ2v) is 10.1. The third-order valence-corrected chi connectivity index (χ3v) is 7.13. The molecule has 3 aromatic carbocycles. The molecule has 1 saturated carbocycles. The first-order valence-corrected chi connectivity index (χ1v) is 13.7. The Morgan fingerprint density at radius 2 is 1.10 bits per heavy atom. The van der Waals surface area contributed by atoms with Crippen LogP contribution in [-0.2, 0) is 6.18 Å². The van der Waals surface area contributed by atoms with Crippen molar-refractivity contribution < 1.29 is 22.8 Å². The summed E-state index contributed by atoms with van der Waals surface area (Å²) in [5.41, 5.74) is 0.956. The van der Waals surface area contributed by atoms with Crippen LogP contribution in [0.4, 0.5) is 28.4 Å². The van der Waals surface area contributed by atoms with E-state index < -0.39 is 29.9 Å². The molecule has 1 aliphatic carbocycles. The highest BCUT2D eigenvalue weighted by Crippen LogP contribution is 2.31. The van der Waals surface area contributed by atoms with E-state index >= 15 is 0 Å². The van der Waals surface area contributed by atoms with Crippen LogP contribution in [0.15, 0.2) is 84.9 Å². The number of hydrogen-bond donors (Lipinski definition) is 4. The fourth-order valence-corrected chi connectivity index (χ4v) is 5.06. The van der Waals surface area contributed by atoms with E-state index in [0.29, 0.717) is 0 Å². The lowest BCUT2D eigenvalue weighted by atomic mass is 9.93. The largest absolute Gasteiger partial charge is 0.416 e. The molecule has 4 N–H and O–H groups in total. The Hall–Kier alpha value is -4.01. The molecule has 2 unspecified atom stereocenters. The first-order valence-electron chi connectivity index (χ1n) is 13.7. The summed E-state index contributed by atoms with van der Waals surface area (Å²) in [5.74, 6) is 0. The van der Waals surface area contributed by atoms with Gasteiger partial charge in [0.2, 0.25) is 0 Å². The van der Waals surface area contributed by atoms with Crippen molar-refractivity contribution in [3.05, 3.63) is 102 Å². The summed E-state index contributed by atoms with van der Waals surface area (Å²) < 4.78 is 38.8. The Balaban J connectivity index is 0.00000308. The number of urea groups is 2. The van der Waals surface area contributed by atoms with Crippen molar-refractivity contribution in [1.82, 2.24) is 16.0 Å². The first kappa shape index (κ1) is 34.2. The molecule has 0 aromatic heterocycles. The third kappa shape index (κ3) is 10.1. The molecule has 1 fully saturated rings. The minimum absolute atomic E-state index is 0. The number of carbonyl (C=O) groups excluding carboxylic acids is 2. The molecular weight excluding hydrogens is 541 g/mol. The number of halogens is 3. The van der Waals surface area contributed by atoms with Crippen molar-refractivity contribution in [2.75, 3.05) is 5.32 Å². The summed E-state index contributed by atoms with van der Waals surface area (Å²) in [4.78, 5) is 26.4. The summed E-state index contributed by atoms with van der Waals surface area (Å²) in [6.07, 6.45) is 3.11. The summed E-state index contributed by atoms with van der Waals surface area (Å²) in [7, 11) is 0. The Morgan fingerprint density at radius 3 is 1.57 bits per heavy atom. The molecule has 4 rings (SSSR count). The zero-order valence-electron chi connectivity index (χ0n) is 22.2. The minimum Gasteiger partial charge on any atom is -0.335 e. The summed E-state index contributed by atoms with van der Waals surface area (Å²) in [6.45, 7) is 0. The number of carbonyl (C=O) groups is 2. The van der Waals surface area contributed by atoms with Gasteiger partial charge in [0, 0.05) is 11.7 Å². The number of hydrogen-bond acceptors (Lipinski definition) is 2. The van der Waals surface area contributed by atoms with Gasteiger partial charge in [0.05, 0.1) is 17.6 Å². The zero-order valence-corrected chi connectivity index (χ0v) is 22.2. The van der Waals surface area contributed by atoms with E-state index in [-0.39, 0.29) is 32.6 Å². The topological polar surface area (TPSA) is 82.3 Å². The molecule has 0 aliphatic heterocycles. The predicted octanol–water partition coefficient (Wildman–Crippen LogP) is 8.99. The molecule has 228 valence electrons. The van der Waals surface area contributed by atoms with Gasteiger partial charge in [-0.25, -0.2) is 9.59 Å². The lowest BCUT2D eigenvalue weighted by Gasteiger charge is -2.31. The van der Waals surface area contributed by atoms with Crippen LogP contribution in [0.3, 0.4) is 0 Å². The molecule has 2 atom stereocenters. The van der Waals surface area contributed by atoms with Crippen LogP contribution in [0.25, 0.3) is 0 Å². The van der Waals surface area contributed by atoms with Crippen molar-refractivity contribution in [3.8, 4) is 0 Å². The van der Waals surface area contributed by atoms with Gasteiger partial charge >= 0.3 is 18.2 Å². The second-order valence-electron chi connectivity index (χ2n) is 10.1. The maximum atomic E-state index is 13.3. The smallest absolute Gasteiger partial charge is 0.335 e. The zero-order chi connectivity index (χ0) is 28.4. The highest BCUT2D eigenvalue weighted by Gasteiger charge is 2.31. The summed E-state index contributed by atoms with van der Waals surface area (Å²) >= 11 is 0. The molecule has 0 spiro atoms. The van der Waals surface area contributed by atoms with Crippen LogP contribution in [0.1, 0.15) is 88.6 Å². The van der Waals surface area contributed by atoms with Crippen LogP contribution >= 0.6 is 0 Å². The van der Waals surface area contributed by atoms with E-state index in [1.54, 1.807) is 0 Å². The number of nitrogens with one attached hydrogen (secondary N) is 4. The molecule has 0 saturated heterocycles. The molecule has 9 heteroatoms. The molecule has 1 aliphatic rings. The summed E-state index contributed by atoms with van der Waals surface area (Å²) in [5, 5.41) is 11.8. The molecule has 42 heavy (non-hydrogen) atoms.